The first kappa shape index (κ1) is 13.3. The van der Waals surface area contributed by atoms with Crippen molar-refractivity contribution >= 4 is 16.9 Å². The molecule has 0 fully saturated rings. The topological polar surface area (TPSA) is 65.1 Å². The van der Waals surface area contributed by atoms with Gasteiger partial charge < -0.3 is 10.1 Å². The molecule has 1 aromatic heterocycles. The molecule has 19 heavy (non-hydrogen) atoms. The van der Waals surface area contributed by atoms with E-state index in [0.717, 1.165) is 22.5 Å². The van der Waals surface area contributed by atoms with Crippen molar-refractivity contribution in [2.24, 2.45) is 0 Å². The minimum absolute atomic E-state index is 0.202. The monoisotopic (exact) mass is 262 g/mol. The lowest BCUT2D eigenvalue weighted by atomic mass is 10.0. The van der Waals surface area contributed by atoms with E-state index in [1.807, 2.05) is 24.3 Å². The van der Waals surface area contributed by atoms with Crippen molar-refractivity contribution in [3.63, 3.8) is 0 Å². The Hall–Kier alpha value is -2.14. The number of fused-ring (bicyclic) bond motifs is 1. The molecule has 2 rings (SSSR count). The van der Waals surface area contributed by atoms with E-state index in [1.165, 1.54) is 0 Å². The van der Waals surface area contributed by atoms with Crippen molar-refractivity contribution in [1.82, 2.24) is 10.3 Å². The fourth-order valence-electron chi connectivity index (χ4n) is 2.00. The second kappa shape index (κ2) is 5.67. The van der Waals surface area contributed by atoms with Crippen LogP contribution in [-0.2, 0) is 11.2 Å². The van der Waals surface area contributed by atoms with E-state index in [0.29, 0.717) is 0 Å². The molecule has 4 nitrogen and oxygen atoms in total. The van der Waals surface area contributed by atoms with E-state index in [4.69, 9.17) is 5.11 Å². The van der Waals surface area contributed by atoms with E-state index >= 15 is 0 Å². The molecule has 5 heteroatoms. The highest BCUT2D eigenvalue weighted by atomic mass is 19.1. The van der Waals surface area contributed by atoms with Crippen molar-refractivity contribution in [3.8, 4) is 0 Å². The first-order valence-corrected chi connectivity index (χ1v) is 5.92. The molecular weight excluding hydrogens is 247 g/mol. The number of carboxylic acid groups (broad SMARTS) is 1. The van der Waals surface area contributed by atoms with Gasteiger partial charge in [-0.3, -0.25) is 10.1 Å². The normalized spacial score (nSPS) is 14.2. The molecule has 1 heterocycles. The number of nitrogens with one attached hydrogen (secondary N) is 2. The van der Waals surface area contributed by atoms with Gasteiger partial charge in [0.2, 0.25) is 0 Å². The lowest BCUT2D eigenvalue weighted by molar-refractivity contribution is -0.139. The highest BCUT2D eigenvalue weighted by molar-refractivity contribution is 5.84. The number of hydrogen-bond acceptors (Lipinski definition) is 2. The van der Waals surface area contributed by atoms with E-state index in [2.05, 4.69) is 16.9 Å². The number of carbonyl (C=O) groups is 1. The predicted molar refractivity (Wildman–Crippen MR) is 71.7 cm³/mol. The number of alkyl halides is 1. The lowest BCUT2D eigenvalue weighted by Gasteiger charge is -2.15. The maximum Gasteiger partial charge on any atom is 0.321 e. The quantitative estimate of drug-likeness (QED) is 0.552. The second-order valence-electron chi connectivity index (χ2n) is 4.26. The Bertz CT molecular complexity index is 594. The zero-order chi connectivity index (χ0) is 13.8. The summed E-state index contributed by atoms with van der Waals surface area (Å²) < 4.78 is 13.2. The van der Waals surface area contributed by atoms with Crippen LogP contribution in [0.15, 0.2) is 43.1 Å². The molecule has 0 bridgehead atoms. The molecule has 0 aliphatic heterocycles. The van der Waals surface area contributed by atoms with Gasteiger partial charge in [0, 0.05) is 23.5 Å². The van der Waals surface area contributed by atoms with Gasteiger partial charge in [0.25, 0.3) is 0 Å². The van der Waals surface area contributed by atoms with Crippen LogP contribution in [0.4, 0.5) is 4.39 Å². The van der Waals surface area contributed by atoms with Gasteiger partial charge in [-0.25, -0.2) is 4.39 Å². The number of rotatable bonds is 6. The fourth-order valence-corrected chi connectivity index (χ4v) is 2.00. The number of aromatic amines is 1. The van der Waals surface area contributed by atoms with Crippen LogP contribution in [0.5, 0.6) is 0 Å². The van der Waals surface area contributed by atoms with Crippen molar-refractivity contribution < 1.29 is 14.3 Å². The van der Waals surface area contributed by atoms with Crippen LogP contribution in [0.3, 0.4) is 0 Å². The van der Waals surface area contributed by atoms with Crippen LogP contribution in [-0.4, -0.2) is 28.4 Å². The average Bonchev–Trinajstić information content (AvgIpc) is 2.81. The summed E-state index contributed by atoms with van der Waals surface area (Å²) in [5, 5.41) is 12.4. The van der Waals surface area contributed by atoms with Gasteiger partial charge in [-0.05, 0) is 17.7 Å². The standard InChI is InChI=1S/C14H15FN2O2/c1-2-13(15)17-12(14(18)19)7-9-8-16-11-6-4-3-5-10(9)11/h2-6,8,12-13,16-17H,1,7H2,(H,18,19). The number of para-hydroxylation sites is 1. The minimum atomic E-state index is -1.54. The molecule has 2 aromatic rings. The van der Waals surface area contributed by atoms with Crippen LogP contribution in [0.2, 0.25) is 0 Å². The highest BCUT2D eigenvalue weighted by Crippen LogP contribution is 2.19. The molecule has 100 valence electrons. The Kier molecular flexibility index (Phi) is 3.97. The Morgan fingerprint density at radius 3 is 2.95 bits per heavy atom. The molecule has 0 spiro atoms. The van der Waals surface area contributed by atoms with E-state index in [1.54, 1.807) is 6.20 Å². The van der Waals surface area contributed by atoms with Crippen LogP contribution in [0.1, 0.15) is 5.56 Å². The number of benzene rings is 1. The molecule has 0 aliphatic carbocycles. The highest BCUT2D eigenvalue weighted by Gasteiger charge is 2.21. The van der Waals surface area contributed by atoms with Crippen molar-refractivity contribution in [3.05, 3.63) is 48.7 Å². The zero-order valence-electron chi connectivity index (χ0n) is 10.3. The third-order valence-electron chi connectivity index (χ3n) is 2.96. The summed E-state index contributed by atoms with van der Waals surface area (Å²) in [7, 11) is 0. The molecule has 2 atom stereocenters. The van der Waals surface area contributed by atoms with E-state index < -0.39 is 18.3 Å². The van der Waals surface area contributed by atoms with Crippen molar-refractivity contribution in [2.75, 3.05) is 0 Å². The van der Waals surface area contributed by atoms with Crippen LogP contribution in [0.25, 0.3) is 10.9 Å². The number of halogens is 1. The number of aliphatic carboxylic acids is 1. The number of hydrogen-bond donors (Lipinski definition) is 3. The molecule has 2 unspecified atom stereocenters. The van der Waals surface area contributed by atoms with E-state index in [9.17, 15) is 9.18 Å². The summed E-state index contributed by atoms with van der Waals surface area (Å²) in [5.41, 5.74) is 1.77. The maximum absolute atomic E-state index is 13.2. The Labute approximate surface area is 109 Å². The first-order chi connectivity index (χ1) is 9.11. The van der Waals surface area contributed by atoms with E-state index in [-0.39, 0.29) is 6.42 Å². The molecule has 0 saturated carbocycles. The van der Waals surface area contributed by atoms with Gasteiger partial charge in [-0.1, -0.05) is 24.8 Å². The molecule has 1 aromatic carbocycles. The molecule has 0 radical (unpaired) electrons. The van der Waals surface area contributed by atoms with Gasteiger partial charge in [0.1, 0.15) is 6.04 Å². The Balaban J connectivity index is 2.21. The maximum atomic E-state index is 13.2. The number of H-pyrrole nitrogens is 1. The average molecular weight is 262 g/mol. The largest absolute Gasteiger partial charge is 0.480 e. The Morgan fingerprint density at radius 2 is 2.26 bits per heavy atom. The molecule has 0 saturated heterocycles. The lowest BCUT2D eigenvalue weighted by Crippen LogP contribution is -2.42. The van der Waals surface area contributed by atoms with Gasteiger partial charge in [0.15, 0.2) is 6.30 Å². The summed E-state index contributed by atoms with van der Waals surface area (Å²) >= 11 is 0. The van der Waals surface area contributed by atoms with Crippen LogP contribution < -0.4 is 5.32 Å². The summed E-state index contributed by atoms with van der Waals surface area (Å²) in [4.78, 5) is 14.2. The first-order valence-electron chi connectivity index (χ1n) is 5.92. The smallest absolute Gasteiger partial charge is 0.321 e. The number of aromatic nitrogens is 1. The predicted octanol–water partition coefficient (Wildman–Crippen LogP) is 2.23. The third kappa shape index (κ3) is 3.00. The third-order valence-corrected chi connectivity index (χ3v) is 2.96. The van der Waals surface area contributed by atoms with Crippen molar-refractivity contribution in [1.29, 1.82) is 0 Å². The van der Waals surface area contributed by atoms with Gasteiger partial charge in [0.05, 0.1) is 0 Å². The van der Waals surface area contributed by atoms with Crippen molar-refractivity contribution in [2.45, 2.75) is 18.8 Å². The van der Waals surface area contributed by atoms with Gasteiger partial charge >= 0.3 is 5.97 Å². The SMILES string of the molecule is C=CC(F)NC(Cc1c[nH]c2ccccc12)C(=O)O. The van der Waals surface area contributed by atoms with Gasteiger partial charge in [-0.2, -0.15) is 0 Å². The fraction of sp³-hybridized carbons (Fsp3) is 0.214. The summed E-state index contributed by atoms with van der Waals surface area (Å²) in [5.74, 6) is -1.09. The van der Waals surface area contributed by atoms with Crippen LogP contribution in [0, 0.1) is 0 Å². The number of carboxylic acids is 1. The zero-order valence-corrected chi connectivity index (χ0v) is 10.3. The van der Waals surface area contributed by atoms with Gasteiger partial charge in [-0.15, -0.1) is 0 Å². The summed E-state index contributed by atoms with van der Waals surface area (Å²) in [6.45, 7) is 3.28. The second-order valence-corrected chi connectivity index (χ2v) is 4.26. The summed E-state index contributed by atoms with van der Waals surface area (Å²) in [6.07, 6.45) is 1.45. The molecule has 0 aliphatic rings. The summed E-state index contributed by atoms with van der Waals surface area (Å²) in [6, 6.07) is 6.59. The molecule has 0 amide bonds. The molecular formula is C14H15FN2O2. The van der Waals surface area contributed by atoms with Crippen LogP contribution >= 0.6 is 0 Å². The minimum Gasteiger partial charge on any atom is -0.480 e. The molecule has 3 N–H and O–H groups in total. The Morgan fingerprint density at radius 1 is 1.53 bits per heavy atom.